The van der Waals surface area contributed by atoms with Crippen molar-refractivity contribution in [2.75, 3.05) is 17.7 Å². The Bertz CT molecular complexity index is 644. The van der Waals surface area contributed by atoms with Crippen molar-refractivity contribution in [2.24, 2.45) is 0 Å². The van der Waals surface area contributed by atoms with Crippen LogP contribution in [0, 0.1) is 11.3 Å². The third kappa shape index (κ3) is 2.72. The Morgan fingerprint density at radius 3 is 2.37 bits per heavy atom. The largest absolute Gasteiger partial charge is 0.387 e. The van der Waals surface area contributed by atoms with Gasteiger partial charge in [0, 0.05) is 12.7 Å². The summed E-state index contributed by atoms with van der Waals surface area (Å²) in [7, 11) is 1.76. The molecule has 4 heteroatoms. The Hall–Kier alpha value is -2.80. The van der Waals surface area contributed by atoms with Crippen molar-refractivity contribution in [1.29, 1.82) is 5.26 Å². The second-order valence-electron chi connectivity index (χ2n) is 3.91. The van der Waals surface area contributed by atoms with E-state index >= 15 is 0 Å². The Balaban J connectivity index is 2.29. The van der Waals surface area contributed by atoms with E-state index in [1.54, 1.807) is 43.4 Å². The smallest absolute Gasteiger partial charge is 0.257 e. The van der Waals surface area contributed by atoms with Crippen LogP contribution in [0.25, 0.3) is 0 Å². The van der Waals surface area contributed by atoms with Crippen LogP contribution in [0.4, 0.5) is 11.4 Å². The van der Waals surface area contributed by atoms with Gasteiger partial charge in [-0.25, -0.2) is 0 Å². The first-order chi connectivity index (χ1) is 9.26. The average Bonchev–Trinajstić information content (AvgIpc) is 2.47. The number of hydrogen-bond acceptors (Lipinski definition) is 3. The van der Waals surface area contributed by atoms with E-state index in [0.717, 1.165) is 5.69 Å². The van der Waals surface area contributed by atoms with Gasteiger partial charge in [0.05, 0.1) is 16.8 Å². The highest BCUT2D eigenvalue weighted by Gasteiger charge is 2.11. The number of amides is 1. The number of rotatable bonds is 3. The fourth-order valence-electron chi connectivity index (χ4n) is 1.78. The Morgan fingerprint density at radius 1 is 1.05 bits per heavy atom. The van der Waals surface area contributed by atoms with Gasteiger partial charge in [0.15, 0.2) is 0 Å². The molecule has 1 amide bonds. The number of anilines is 2. The zero-order valence-electron chi connectivity index (χ0n) is 10.5. The summed E-state index contributed by atoms with van der Waals surface area (Å²) in [5.74, 6) is -0.243. The van der Waals surface area contributed by atoms with Crippen molar-refractivity contribution in [1.82, 2.24) is 0 Å². The lowest BCUT2D eigenvalue weighted by molar-refractivity contribution is 0.102. The number of nitrogens with zero attached hydrogens (tertiary/aromatic N) is 1. The van der Waals surface area contributed by atoms with Crippen LogP contribution in [0.15, 0.2) is 48.5 Å². The molecule has 0 heterocycles. The SMILES string of the molecule is CNc1ccccc1C(=O)Nc1ccccc1C#N. The Morgan fingerprint density at radius 2 is 1.68 bits per heavy atom. The van der Waals surface area contributed by atoms with Gasteiger partial charge in [0.1, 0.15) is 6.07 Å². The van der Waals surface area contributed by atoms with Crippen LogP contribution in [-0.2, 0) is 0 Å². The van der Waals surface area contributed by atoms with Crippen molar-refractivity contribution in [3.05, 3.63) is 59.7 Å². The molecule has 0 bridgehead atoms. The lowest BCUT2D eigenvalue weighted by atomic mass is 10.1. The number of para-hydroxylation sites is 2. The van der Waals surface area contributed by atoms with Crippen molar-refractivity contribution in [3.8, 4) is 6.07 Å². The zero-order valence-corrected chi connectivity index (χ0v) is 10.5. The molecule has 4 nitrogen and oxygen atoms in total. The zero-order chi connectivity index (χ0) is 13.7. The molecule has 0 aromatic heterocycles. The molecule has 2 rings (SSSR count). The third-order valence-electron chi connectivity index (χ3n) is 2.74. The van der Waals surface area contributed by atoms with Gasteiger partial charge in [-0.2, -0.15) is 5.26 Å². The van der Waals surface area contributed by atoms with E-state index in [1.807, 2.05) is 12.1 Å². The standard InChI is InChI=1S/C15H13N3O/c1-17-14-9-5-3-7-12(14)15(19)18-13-8-4-2-6-11(13)10-16/h2-9,17H,1H3,(H,18,19). The molecular weight excluding hydrogens is 238 g/mol. The van der Waals surface area contributed by atoms with Gasteiger partial charge in [0.2, 0.25) is 0 Å². The molecule has 2 aromatic carbocycles. The van der Waals surface area contributed by atoms with Crippen LogP contribution >= 0.6 is 0 Å². The number of hydrogen-bond donors (Lipinski definition) is 2. The van der Waals surface area contributed by atoms with Gasteiger partial charge < -0.3 is 10.6 Å². The molecule has 2 N–H and O–H groups in total. The highest BCUT2D eigenvalue weighted by molar-refractivity contribution is 6.08. The minimum atomic E-state index is -0.243. The van der Waals surface area contributed by atoms with Gasteiger partial charge in [-0.1, -0.05) is 24.3 Å². The molecule has 0 spiro atoms. The van der Waals surface area contributed by atoms with Gasteiger partial charge in [-0.3, -0.25) is 4.79 Å². The van der Waals surface area contributed by atoms with Crippen molar-refractivity contribution >= 4 is 17.3 Å². The van der Waals surface area contributed by atoms with E-state index in [-0.39, 0.29) is 5.91 Å². The van der Waals surface area contributed by atoms with E-state index in [0.29, 0.717) is 16.8 Å². The topological polar surface area (TPSA) is 64.9 Å². The van der Waals surface area contributed by atoms with Crippen LogP contribution in [0.1, 0.15) is 15.9 Å². The molecule has 0 aliphatic carbocycles. The molecular formula is C15H13N3O. The normalized spacial score (nSPS) is 9.47. The van der Waals surface area contributed by atoms with Gasteiger partial charge in [-0.15, -0.1) is 0 Å². The summed E-state index contributed by atoms with van der Waals surface area (Å²) in [6, 6.07) is 16.2. The van der Waals surface area contributed by atoms with E-state index in [2.05, 4.69) is 16.7 Å². The monoisotopic (exact) mass is 251 g/mol. The summed E-state index contributed by atoms with van der Waals surface area (Å²) in [6.45, 7) is 0. The molecule has 0 aliphatic rings. The first kappa shape index (κ1) is 12.7. The summed E-state index contributed by atoms with van der Waals surface area (Å²) >= 11 is 0. The lowest BCUT2D eigenvalue weighted by Crippen LogP contribution is -2.14. The van der Waals surface area contributed by atoms with E-state index in [1.165, 1.54) is 0 Å². The summed E-state index contributed by atoms with van der Waals surface area (Å²) in [5.41, 5.74) is 2.24. The summed E-state index contributed by atoms with van der Waals surface area (Å²) in [4.78, 5) is 12.2. The average molecular weight is 251 g/mol. The third-order valence-corrected chi connectivity index (χ3v) is 2.74. The first-order valence-corrected chi connectivity index (χ1v) is 5.83. The van der Waals surface area contributed by atoms with Crippen molar-refractivity contribution in [3.63, 3.8) is 0 Å². The van der Waals surface area contributed by atoms with Crippen molar-refractivity contribution < 1.29 is 4.79 Å². The Labute approximate surface area is 111 Å². The minimum Gasteiger partial charge on any atom is -0.387 e. The predicted molar refractivity (Wildman–Crippen MR) is 75.1 cm³/mol. The molecule has 0 saturated heterocycles. The molecule has 2 aromatic rings. The van der Waals surface area contributed by atoms with E-state index < -0.39 is 0 Å². The number of carbonyl (C=O) groups excluding carboxylic acids is 1. The molecule has 0 radical (unpaired) electrons. The fraction of sp³-hybridized carbons (Fsp3) is 0.0667. The highest BCUT2D eigenvalue weighted by atomic mass is 16.1. The maximum atomic E-state index is 12.2. The van der Waals surface area contributed by atoms with Crippen LogP contribution in [0.5, 0.6) is 0 Å². The highest BCUT2D eigenvalue weighted by Crippen LogP contribution is 2.18. The molecule has 0 aliphatic heterocycles. The molecule has 94 valence electrons. The summed E-state index contributed by atoms with van der Waals surface area (Å²) < 4.78 is 0. The lowest BCUT2D eigenvalue weighted by Gasteiger charge is -2.10. The van der Waals surface area contributed by atoms with Gasteiger partial charge in [-0.05, 0) is 24.3 Å². The second-order valence-corrected chi connectivity index (χ2v) is 3.91. The number of nitrogens with one attached hydrogen (secondary N) is 2. The summed E-state index contributed by atoms with van der Waals surface area (Å²) in [6.07, 6.45) is 0. The van der Waals surface area contributed by atoms with Crippen LogP contribution in [0.3, 0.4) is 0 Å². The first-order valence-electron chi connectivity index (χ1n) is 5.83. The van der Waals surface area contributed by atoms with Crippen LogP contribution < -0.4 is 10.6 Å². The number of benzene rings is 2. The van der Waals surface area contributed by atoms with Gasteiger partial charge >= 0.3 is 0 Å². The van der Waals surface area contributed by atoms with Crippen LogP contribution in [-0.4, -0.2) is 13.0 Å². The quantitative estimate of drug-likeness (QED) is 0.881. The maximum absolute atomic E-state index is 12.2. The maximum Gasteiger partial charge on any atom is 0.257 e. The second kappa shape index (κ2) is 5.69. The minimum absolute atomic E-state index is 0.243. The molecule has 0 unspecified atom stereocenters. The van der Waals surface area contributed by atoms with Crippen LogP contribution in [0.2, 0.25) is 0 Å². The molecule has 0 atom stereocenters. The molecule has 0 fully saturated rings. The fourth-order valence-corrected chi connectivity index (χ4v) is 1.78. The predicted octanol–water partition coefficient (Wildman–Crippen LogP) is 2.85. The Kier molecular flexibility index (Phi) is 3.79. The summed E-state index contributed by atoms with van der Waals surface area (Å²) in [5, 5.41) is 14.7. The van der Waals surface area contributed by atoms with Crippen molar-refractivity contribution in [2.45, 2.75) is 0 Å². The molecule has 0 saturated carbocycles. The van der Waals surface area contributed by atoms with Gasteiger partial charge in [0.25, 0.3) is 5.91 Å². The number of carbonyl (C=O) groups is 1. The molecule has 19 heavy (non-hydrogen) atoms. The number of nitriles is 1. The van der Waals surface area contributed by atoms with E-state index in [9.17, 15) is 4.79 Å². The van der Waals surface area contributed by atoms with E-state index in [4.69, 9.17) is 5.26 Å².